The van der Waals surface area contributed by atoms with Gasteiger partial charge >= 0.3 is 12.0 Å². The van der Waals surface area contributed by atoms with Crippen molar-refractivity contribution in [3.63, 3.8) is 0 Å². The van der Waals surface area contributed by atoms with Gasteiger partial charge in [-0.1, -0.05) is 6.42 Å². The van der Waals surface area contributed by atoms with Crippen molar-refractivity contribution in [1.29, 1.82) is 0 Å². The van der Waals surface area contributed by atoms with E-state index < -0.39 is 21.7 Å². The molecule has 1 saturated heterocycles. The minimum atomic E-state index is -3.02. The molecule has 2 rings (SSSR count). The number of amides is 2. The summed E-state index contributed by atoms with van der Waals surface area (Å²) >= 11 is 0. The number of aliphatic carboxylic acids is 1. The van der Waals surface area contributed by atoms with Crippen LogP contribution < -0.4 is 5.32 Å². The van der Waals surface area contributed by atoms with Crippen LogP contribution in [0.5, 0.6) is 0 Å². The van der Waals surface area contributed by atoms with Crippen molar-refractivity contribution in [2.24, 2.45) is 5.92 Å². The maximum Gasteiger partial charge on any atom is 0.317 e. The maximum absolute atomic E-state index is 12.0. The third kappa shape index (κ3) is 3.37. The quantitative estimate of drug-likeness (QED) is 0.725. The van der Waals surface area contributed by atoms with E-state index in [1.54, 1.807) is 0 Å². The molecule has 19 heavy (non-hydrogen) atoms. The first-order valence-electron chi connectivity index (χ1n) is 6.38. The molecule has 2 amide bonds. The number of hydrogen-bond donors (Lipinski definition) is 2. The molecule has 2 atom stereocenters. The molecule has 108 valence electrons. The van der Waals surface area contributed by atoms with Gasteiger partial charge in [-0.2, -0.15) is 0 Å². The molecule has 0 bridgehead atoms. The predicted molar refractivity (Wildman–Crippen MR) is 67.5 cm³/mol. The summed E-state index contributed by atoms with van der Waals surface area (Å²) in [7, 11) is -3.02. The number of nitrogens with zero attached hydrogens (tertiary/aromatic N) is 1. The molecule has 1 aliphatic heterocycles. The van der Waals surface area contributed by atoms with Crippen LogP contribution >= 0.6 is 0 Å². The number of carboxylic acid groups (broad SMARTS) is 1. The Morgan fingerprint density at radius 3 is 2.37 bits per heavy atom. The van der Waals surface area contributed by atoms with Gasteiger partial charge in [0, 0.05) is 19.1 Å². The second kappa shape index (κ2) is 5.36. The van der Waals surface area contributed by atoms with Gasteiger partial charge in [0.15, 0.2) is 9.84 Å². The molecule has 2 fully saturated rings. The predicted octanol–water partition coefficient (Wildman–Crippen LogP) is -0.320. The highest BCUT2D eigenvalue weighted by Crippen LogP contribution is 2.26. The lowest BCUT2D eigenvalue weighted by Gasteiger charge is -2.29. The number of hydrogen-bond acceptors (Lipinski definition) is 4. The van der Waals surface area contributed by atoms with Gasteiger partial charge in [0.2, 0.25) is 0 Å². The van der Waals surface area contributed by atoms with Crippen molar-refractivity contribution in [3.05, 3.63) is 0 Å². The summed E-state index contributed by atoms with van der Waals surface area (Å²) in [4.78, 5) is 24.4. The number of urea groups is 1. The summed E-state index contributed by atoms with van der Waals surface area (Å²) in [6, 6.07) is -0.698. The second-order valence-electron chi connectivity index (χ2n) is 5.07. The molecular formula is C11H18N2O5S. The molecule has 7 nitrogen and oxygen atoms in total. The van der Waals surface area contributed by atoms with Gasteiger partial charge in [-0.3, -0.25) is 4.79 Å². The van der Waals surface area contributed by atoms with Crippen molar-refractivity contribution >= 4 is 21.8 Å². The molecule has 1 aliphatic carbocycles. The van der Waals surface area contributed by atoms with Crippen LogP contribution in [0.2, 0.25) is 0 Å². The third-order valence-corrected chi connectivity index (χ3v) is 5.38. The lowest BCUT2D eigenvalue weighted by Crippen LogP contribution is -2.52. The Kier molecular flexibility index (Phi) is 3.98. The fourth-order valence-electron chi connectivity index (χ4n) is 2.59. The Morgan fingerprint density at radius 2 is 1.79 bits per heavy atom. The first-order chi connectivity index (χ1) is 8.89. The van der Waals surface area contributed by atoms with Crippen LogP contribution in [0, 0.1) is 5.92 Å². The number of rotatable bonds is 2. The first-order valence-corrected chi connectivity index (χ1v) is 8.20. The summed E-state index contributed by atoms with van der Waals surface area (Å²) < 4.78 is 22.5. The minimum absolute atomic E-state index is 0.0204. The Labute approximate surface area is 111 Å². The standard InChI is InChI=1S/C11H18N2O5S/c14-10(15)8-2-1-3-9(8)12-11(16)13-4-6-19(17,18)7-5-13/h8-9H,1-7H2,(H,12,16)(H,14,15). The summed E-state index contributed by atoms with van der Waals surface area (Å²) in [6.45, 7) is 0.358. The molecule has 0 spiro atoms. The van der Waals surface area contributed by atoms with Crippen molar-refractivity contribution in [2.75, 3.05) is 24.6 Å². The summed E-state index contributed by atoms with van der Waals surface area (Å²) in [6.07, 6.45) is 2.03. The number of nitrogens with one attached hydrogen (secondary N) is 1. The number of carboxylic acids is 1. The average Bonchev–Trinajstić information content (AvgIpc) is 2.77. The zero-order chi connectivity index (χ0) is 14.0. The smallest absolute Gasteiger partial charge is 0.317 e. The van der Waals surface area contributed by atoms with Gasteiger partial charge in [0.25, 0.3) is 0 Å². The lowest BCUT2D eigenvalue weighted by atomic mass is 10.0. The molecule has 2 aliphatic rings. The number of carbonyl (C=O) groups excluding carboxylic acids is 1. The topological polar surface area (TPSA) is 104 Å². The number of carbonyl (C=O) groups is 2. The molecule has 0 radical (unpaired) electrons. The van der Waals surface area contributed by atoms with Crippen molar-refractivity contribution in [3.8, 4) is 0 Å². The highest BCUT2D eigenvalue weighted by molar-refractivity contribution is 7.91. The summed E-state index contributed by atoms with van der Waals surface area (Å²) in [5, 5.41) is 11.7. The largest absolute Gasteiger partial charge is 0.481 e. The lowest BCUT2D eigenvalue weighted by molar-refractivity contribution is -0.142. The van der Waals surface area contributed by atoms with Gasteiger partial charge in [0.05, 0.1) is 17.4 Å². The van der Waals surface area contributed by atoms with Crippen LogP contribution in [-0.4, -0.2) is 61.1 Å². The normalized spacial score (nSPS) is 30.0. The van der Waals surface area contributed by atoms with Crippen LogP contribution in [0.25, 0.3) is 0 Å². The van der Waals surface area contributed by atoms with Gasteiger partial charge in [-0.25, -0.2) is 13.2 Å². The molecular weight excluding hydrogens is 272 g/mol. The van der Waals surface area contributed by atoms with E-state index >= 15 is 0 Å². The van der Waals surface area contributed by atoms with Crippen LogP contribution in [0.3, 0.4) is 0 Å². The average molecular weight is 290 g/mol. The van der Waals surface area contributed by atoms with Crippen LogP contribution in [-0.2, 0) is 14.6 Å². The van der Waals surface area contributed by atoms with E-state index in [1.165, 1.54) is 4.90 Å². The van der Waals surface area contributed by atoms with E-state index in [0.717, 1.165) is 6.42 Å². The fourth-order valence-corrected chi connectivity index (χ4v) is 3.80. The highest BCUT2D eigenvalue weighted by atomic mass is 32.2. The molecule has 0 aromatic carbocycles. The van der Waals surface area contributed by atoms with E-state index in [1.807, 2.05) is 0 Å². The van der Waals surface area contributed by atoms with Crippen LogP contribution in [0.15, 0.2) is 0 Å². The Balaban J connectivity index is 1.89. The van der Waals surface area contributed by atoms with E-state index in [9.17, 15) is 18.0 Å². The third-order valence-electron chi connectivity index (χ3n) is 3.77. The summed E-state index contributed by atoms with van der Waals surface area (Å²) in [5.41, 5.74) is 0. The molecule has 0 aromatic heterocycles. The monoisotopic (exact) mass is 290 g/mol. The zero-order valence-corrected chi connectivity index (χ0v) is 11.4. The minimum Gasteiger partial charge on any atom is -0.481 e. The van der Waals surface area contributed by atoms with Crippen LogP contribution in [0.4, 0.5) is 4.79 Å². The van der Waals surface area contributed by atoms with Crippen molar-refractivity contribution < 1.29 is 23.1 Å². The van der Waals surface area contributed by atoms with E-state index in [0.29, 0.717) is 12.8 Å². The molecule has 1 saturated carbocycles. The molecule has 2 N–H and O–H groups in total. The van der Waals surface area contributed by atoms with E-state index in [2.05, 4.69) is 5.32 Å². The first kappa shape index (κ1) is 14.1. The highest BCUT2D eigenvalue weighted by Gasteiger charge is 2.35. The van der Waals surface area contributed by atoms with Gasteiger partial charge < -0.3 is 15.3 Å². The Hall–Kier alpha value is -1.31. The Bertz CT molecular complexity index is 461. The molecule has 1 heterocycles. The molecule has 2 unspecified atom stereocenters. The zero-order valence-electron chi connectivity index (χ0n) is 10.5. The fraction of sp³-hybridized carbons (Fsp3) is 0.818. The molecule has 8 heteroatoms. The van der Waals surface area contributed by atoms with Crippen molar-refractivity contribution in [1.82, 2.24) is 10.2 Å². The van der Waals surface area contributed by atoms with Crippen molar-refractivity contribution in [2.45, 2.75) is 25.3 Å². The summed E-state index contributed by atoms with van der Waals surface area (Å²) in [5.74, 6) is -1.46. The Morgan fingerprint density at radius 1 is 1.16 bits per heavy atom. The number of sulfone groups is 1. The second-order valence-corrected chi connectivity index (χ2v) is 7.37. The van der Waals surface area contributed by atoms with Gasteiger partial charge in [0.1, 0.15) is 0 Å². The maximum atomic E-state index is 12.0. The van der Waals surface area contributed by atoms with Gasteiger partial charge in [-0.05, 0) is 12.8 Å². The van der Waals surface area contributed by atoms with E-state index in [-0.39, 0.29) is 36.7 Å². The van der Waals surface area contributed by atoms with Gasteiger partial charge in [-0.15, -0.1) is 0 Å². The van der Waals surface area contributed by atoms with E-state index in [4.69, 9.17) is 5.11 Å². The SMILES string of the molecule is O=C(O)C1CCCC1NC(=O)N1CCS(=O)(=O)CC1. The molecule has 0 aromatic rings. The van der Waals surface area contributed by atoms with Crippen LogP contribution in [0.1, 0.15) is 19.3 Å².